The zero-order valence-corrected chi connectivity index (χ0v) is 15.2. The molecule has 0 aliphatic heterocycles. The van der Waals surface area contributed by atoms with Gasteiger partial charge in [-0.2, -0.15) is 10.2 Å². The van der Waals surface area contributed by atoms with Crippen molar-refractivity contribution < 1.29 is 4.39 Å². The van der Waals surface area contributed by atoms with E-state index in [-0.39, 0.29) is 22.8 Å². The molecule has 0 spiro atoms. The molecule has 5 nitrogen and oxygen atoms in total. The third-order valence-corrected chi connectivity index (χ3v) is 4.14. The second-order valence-electron chi connectivity index (χ2n) is 7.62. The van der Waals surface area contributed by atoms with Crippen molar-refractivity contribution >= 4 is 10.9 Å². The standard InChI is InChI=1S/C19H23FN4O/c1-12(2)16-15-10-21-24(19(3,4)5)17(15)18(25)23(22-16)11-13-6-8-14(20)9-7-13/h6-10,12H,11H2,1-5H3. The lowest BCUT2D eigenvalue weighted by atomic mass is 10.1. The van der Waals surface area contributed by atoms with Crippen LogP contribution in [0.3, 0.4) is 0 Å². The molecule has 0 N–H and O–H groups in total. The van der Waals surface area contributed by atoms with Gasteiger partial charge in [-0.15, -0.1) is 0 Å². The molecular formula is C19H23FN4O. The van der Waals surface area contributed by atoms with Crippen molar-refractivity contribution in [2.75, 3.05) is 0 Å². The topological polar surface area (TPSA) is 52.7 Å². The molecule has 0 saturated carbocycles. The van der Waals surface area contributed by atoms with E-state index >= 15 is 0 Å². The van der Waals surface area contributed by atoms with Gasteiger partial charge < -0.3 is 0 Å². The minimum absolute atomic E-state index is 0.153. The van der Waals surface area contributed by atoms with Crippen LogP contribution in [0.2, 0.25) is 0 Å². The number of nitrogens with zero attached hydrogens (tertiary/aromatic N) is 4. The third-order valence-electron chi connectivity index (χ3n) is 4.14. The summed E-state index contributed by atoms with van der Waals surface area (Å²) < 4.78 is 16.3. The smallest absolute Gasteiger partial charge is 0.265 e. The van der Waals surface area contributed by atoms with Crippen molar-refractivity contribution in [2.45, 2.75) is 52.6 Å². The van der Waals surface area contributed by atoms with Gasteiger partial charge in [0.25, 0.3) is 5.56 Å². The Kier molecular flexibility index (Phi) is 4.22. The number of fused-ring (bicyclic) bond motifs is 1. The van der Waals surface area contributed by atoms with Crippen LogP contribution in [0.25, 0.3) is 10.9 Å². The second kappa shape index (κ2) is 6.10. The maximum atomic E-state index is 13.1. The average molecular weight is 342 g/mol. The Labute approximate surface area is 146 Å². The van der Waals surface area contributed by atoms with Crippen LogP contribution < -0.4 is 5.56 Å². The molecule has 0 unspecified atom stereocenters. The number of benzene rings is 1. The molecule has 2 heterocycles. The largest absolute Gasteiger partial charge is 0.293 e. The number of hydrogen-bond donors (Lipinski definition) is 0. The van der Waals surface area contributed by atoms with E-state index in [9.17, 15) is 9.18 Å². The highest BCUT2D eigenvalue weighted by Crippen LogP contribution is 2.24. The minimum Gasteiger partial charge on any atom is -0.265 e. The Bertz CT molecular complexity index is 962. The Morgan fingerprint density at radius 2 is 1.80 bits per heavy atom. The normalized spacial score (nSPS) is 12.3. The van der Waals surface area contributed by atoms with Gasteiger partial charge in [-0.3, -0.25) is 9.48 Å². The highest BCUT2D eigenvalue weighted by molar-refractivity contribution is 5.80. The Morgan fingerprint density at radius 1 is 1.16 bits per heavy atom. The molecule has 0 aliphatic carbocycles. The van der Waals surface area contributed by atoms with Crippen LogP contribution >= 0.6 is 0 Å². The van der Waals surface area contributed by atoms with E-state index in [2.05, 4.69) is 10.2 Å². The molecular weight excluding hydrogens is 319 g/mol. The Morgan fingerprint density at radius 3 is 2.36 bits per heavy atom. The van der Waals surface area contributed by atoms with Crippen LogP contribution in [0, 0.1) is 5.82 Å². The highest BCUT2D eigenvalue weighted by Gasteiger charge is 2.23. The van der Waals surface area contributed by atoms with E-state index in [0.29, 0.717) is 12.1 Å². The number of aromatic nitrogens is 4. The summed E-state index contributed by atoms with van der Waals surface area (Å²) in [6.07, 6.45) is 1.73. The second-order valence-corrected chi connectivity index (χ2v) is 7.62. The van der Waals surface area contributed by atoms with Crippen molar-refractivity contribution in [3.8, 4) is 0 Å². The highest BCUT2D eigenvalue weighted by atomic mass is 19.1. The van der Waals surface area contributed by atoms with Crippen molar-refractivity contribution in [2.24, 2.45) is 0 Å². The van der Waals surface area contributed by atoms with E-state index in [1.807, 2.05) is 34.6 Å². The molecule has 3 rings (SSSR count). The maximum absolute atomic E-state index is 13.1. The van der Waals surface area contributed by atoms with E-state index in [0.717, 1.165) is 16.6 Å². The van der Waals surface area contributed by atoms with Crippen molar-refractivity contribution in [3.05, 3.63) is 57.9 Å². The molecule has 25 heavy (non-hydrogen) atoms. The summed E-state index contributed by atoms with van der Waals surface area (Å²) in [5.41, 5.74) is 1.73. The molecule has 2 aromatic heterocycles. The third kappa shape index (κ3) is 3.21. The number of hydrogen-bond acceptors (Lipinski definition) is 3. The SMILES string of the molecule is CC(C)c1nn(Cc2ccc(F)cc2)c(=O)c2c1cnn2C(C)(C)C. The van der Waals surface area contributed by atoms with Crippen molar-refractivity contribution in [1.82, 2.24) is 19.6 Å². The number of rotatable bonds is 3. The molecule has 0 bridgehead atoms. The van der Waals surface area contributed by atoms with Gasteiger partial charge in [-0.25, -0.2) is 9.07 Å². The van der Waals surface area contributed by atoms with Gasteiger partial charge >= 0.3 is 0 Å². The van der Waals surface area contributed by atoms with E-state index < -0.39 is 0 Å². The first-order valence-electron chi connectivity index (χ1n) is 8.42. The lowest BCUT2D eigenvalue weighted by Gasteiger charge is -2.21. The molecule has 0 atom stereocenters. The van der Waals surface area contributed by atoms with Gasteiger partial charge in [-0.05, 0) is 44.4 Å². The van der Waals surface area contributed by atoms with Crippen LogP contribution in [-0.4, -0.2) is 19.6 Å². The van der Waals surface area contributed by atoms with Gasteiger partial charge in [0.15, 0.2) is 0 Å². The van der Waals surface area contributed by atoms with Crippen LogP contribution in [0.5, 0.6) is 0 Å². The quantitative estimate of drug-likeness (QED) is 0.730. The van der Waals surface area contributed by atoms with E-state index in [1.54, 1.807) is 23.0 Å². The first kappa shape index (κ1) is 17.3. The average Bonchev–Trinajstić information content (AvgIpc) is 2.97. The molecule has 3 aromatic rings. The summed E-state index contributed by atoms with van der Waals surface area (Å²) in [4.78, 5) is 13.1. The molecule has 0 aliphatic rings. The van der Waals surface area contributed by atoms with E-state index in [4.69, 9.17) is 0 Å². The van der Waals surface area contributed by atoms with Gasteiger partial charge in [0, 0.05) is 5.39 Å². The maximum Gasteiger partial charge on any atom is 0.293 e. The predicted octanol–water partition coefficient (Wildman–Crippen LogP) is 3.66. The first-order valence-corrected chi connectivity index (χ1v) is 8.42. The summed E-state index contributed by atoms with van der Waals surface area (Å²) in [7, 11) is 0. The summed E-state index contributed by atoms with van der Waals surface area (Å²) >= 11 is 0. The Balaban J connectivity index is 2.23. The summed E-state index contributed by atoms with van der Waals surface area (Å²) in [6, 6.07) is 6.12. The molecule has 6 heteroatoms. The van der Waals surface area contributed by atoms with Gasteiger partial charge in [0.05, 0.1) is 24.0 Å². The monoisotopic (exact) mass is 342 g/mol. The minimum atomic E-state index is -0.315. The van der Waals surface area contributed by atoms with Crippen LogP contribution in [0.1, 0.15) is 51.8 Å². The molecule has 0 amide bonds. The fourth-order valence-corrected chi connectivity index (χ4v) is 2.90. The van der Waals surface area contributed by atoms with Gasteiger partial charge in [0.1, 0.15) is 11.3 Å². The summed E-state index contributed by atoms with van der Waals surface area (Å²) in [5.74, 6) is -0.145. The number of halogens is 1. The van der Waals surface area contributed by atoms with Crippen LogP contribution in [-0.2, 0) is 12.1 Å². The molecule has 0 saturated heterocycles. The van der Waals surface area contributed by atoms with Crippen molar-refractivity contribution in [3.63, 3.8) is 0 Å². The lowest BCUT2D eigenvalue weighted by Crippen LogP contribution is -2.31. The molecule has 0 fully saturated rings. The van der Waals surface area contributed by atoms with E-state index in [1.165, 1.54) is 16.8 Å². The Hall–Kier alpha value is -2.50. The molecule has 132 valence electrons. The zero-order chi connectivity index (χ0) is 18.4. The van der Waals surface area contributed by atoms with Crippen molar-refractivity contribution in [1.29, 1.82) is 0 Å². The fourth-order valence-electron chi connectivity index (χ4n) is 2.90. The van der Waals surface area contributed by atoms with Crippen LogP contribution in [0.15, 0.2) is 35.3 Å². The first-order chi connectivity index (χ1) is 11.7. The summed E-state index contributed by atoms with van der Waals surface area (Å²) in [5, 5.41) is 9.81. The summed E-state index contributed by atoms with van der Waals surface area (Å²) in [6.45, 7) is 10.4. The molecule has 0 radical (unpaired) electrons. The predicted molar refractivity (Wildman–Crippen MR) is 96.4 cm³/mol. The lowest BCUT2D eigenvalue weighted by molar-refractivity contribution is 0.366. The zero-order valence-electron chi connectivity index (χ0n) is 15.2. The fraction of sp³-hybridized carbons (Fsp3) is 0.421. The van der Waals surface area contributed by atoms with Crippen LogP contribution in [0.4, 0.5) is 4.39 Å². The van der Waals surface area contributed by atoms with Gasteiger partial charge in [0.2, 0.25) is 0 Å². The van der Waals surface area contributed by atoms with Gasteiger partial charge in [-0.1, -0.05) is 26.0 Å². The molecule has 1 aromatic carbocycles.